The minimum atomic E-state index is 0.632. The van der Waals surface area contributed by atoms with Gasteiger partial charge in [-0.2, -0.15) is 0 Å². The number of methoxy groups -OCH3 is 3. The van der Waals surface area contributed by atoms with E-state index in [1.165, 1.54) is 30.6 Å². The molecule has 2 atom stereocenters. The van der Waals surface area contributed by atoms with Gasteiger partial charge in [0.05, 0.1) is 21.3 Å². The van der Waals surface area contributed by atoms with E-state index in [1.807, 2.05) is 12.1 Å². The molecule has 1 aliphatic heterocycles. The lowest BCUT2D eigenvalue weighted by Crippen LogP contribution is -2.38. The van der Waals surface area contributed by atoms with E-state index in [4.69, 9.17) is 14.2 Å². The maximum atomic E-state index is 5.61. The summed E-state index contributed by atoms with van der Waals surface area (Å²) in [5.41, 5.74) is 3.81. The fourth-order valence-electron chi connectivity index (χ4n) is 4.68. The third-order valence-electron chi connectivity index (χ3n) is 5.87. The van der Waals surface area contributed by atoms with Crippen molar-refractivity contribution in [2.75, 3.05) is 34.4 Å². The number of benzene rings is 2. The summed E-state index contributed by atoms with van der Waals surface area (Å²) in [7, 11) is 4.93. The minimum Gasteiger partial charge on any atom is -0.493 e. The van der Waals surface area contributed by atoms with Gasteiger partial charge in [0.15, 0.2) is 11.5 Å². The molecule has 30 heavy (non-hydrogen) atoms. The molecule has 0 radical (unpaired) electrons. The van der Waals surface area contributed by atoms with Gasteiger partial charge in [0, 0.05) is 38.3 Å². The summed E-state index contributed by atoms with van der Waals surface area (Å²) in [4.78, 5) is 2.61. The van der Waals surface area contributed by atoms with Gasteiger partial charge < -0.3 is 19.5 Å². The maximum absolute atomic E-state index is 5.61. The van der Waals surface area contributed by atoms with Crippen molar-refractivity contribution in [3.05, 3.63) is 53.1 Å². The number of ether oxygens (including phenoxy) is 3. The summed E-state index contributed by atoms with van der Waals surface area (Å²) in [6, 6.07) is 12.7. The van der Waals surface area contributed by atoms with Crippen molar-refractivity contribution in [3.8, 4) is 17.2 Å². The number of rotatable bonds is 9. The fraction of sp³-hybridized carbons (Fsp3) is 0.520. The first kappa shape index (κ1) is 22.4. The zero-order valence-electron chi connectivity index (χ0n) is 19.0. The highest BCUT2D eigenvalue weighted by atomic mass is 16.5. The molecule has 164 valence electrons. The van der Waals surface area contributed by atoms with Crippen LogP contribution in [0.2, 0.25) is 0 Å². The fourth-order valence-corrected chi connectivity index (χ4v) is 4.68. The number of hydrogen-bond acceptors (Lipinski definition) is 5. The van der Waals surface area contributed by atoms with Gasteiger partial charge in [-0.15, -0.1) is 0 Å². The van der Waals surface area contributed by atoms with Gasteiger partial charge in [-0.25, -0.2) is 0 Å². The zero-order chi connectivity index (χ0) is 21.5. The van der Waals surface area contributed by atoms with Gasteiger partial charge in [-0.3, -0.25) is 4.90 Å². The quantitative estimate of drug-likeness (QED) is 0.658. The Balaban J connectivity index is 1.66. The van der Waals surface area contributed by atoms with Gasteiger partial charge in [0.1, 0.15) is 0 Å². The summed E-state index contributed by atoms with van der Waals surface area (Å²) in [6.07, 6.45) is 1.34. The average Bonchev–Trinajstić information content (AvgIpc) is 2.73. The van der Waals surface area contributed by atoms with Gasteiger partial charge >= 0.3 is 0 Å². The van der Waals surface area contributed by atoms with E-state index in [2.05, 4.69) is 48.3 Å². The molecule has 5 nitrogen and oxygen atoms in total. The van der Waals surface area contributed by atoms with Crippen molar-refractivity contribution in [3.63, 3.8) is 0 Å². The van der Waals surface area contributed by atoms with Crippen LogP contribution in [0.25, 0.3) is 0 Å². The summed E-state index contributed by atoms with van der Waals surface area (Å²) in [5, 5.41) is 3.58. The topological polar surface area (TPSA) is 43.0 Å². The van der Waals surface area contributed by atoms with E-state index >= 15 is 0 Å². The van der Waals surface area contributed by atoms with Crippen LogP contribution in [0.1, 0.15) is 37.0 Å². The number of likely N-dealkylation sites (tertiary alicyclic amines) is 1. The van der Waals surface area contributed by atoms with Crippen LogP contribution >= 0.6 is 0 Å². The highest BCUT2D eigenvalue weighted by Gasteiger charge is 2.22. The first-order chi connectivity index (χ1) is 14.5. The van der Waals surface area contributed by atoms with Crippen LogP contribution in [0, 0.1) is 11.8 Å². The molecule has 0 unspecified atom stereocenters. The number of hydrogen-bond donors (Lipinski definition) is 1. The van der Waals surface area contributed by atoms with E-state index in [0.29, 0.717) is 23.8 Å². The second kappa shape index (κ2) is 10.7. The summed E-state index contributed by atoms with van der Waals surface area (Å²) >= 11 is 0. The summed E-state index contributed by atoms with van der Waals surface area (Å²) in [6.45, 7) is 9.64. The van der Waals surface area contributed by atoms with Gasteiger partial charge in [-0.1, -0.05) is 44.2 Å². The van der Waals surface area contributed by atoms with E-state index < -0.39 is 0 Å². The summed E-state index contributed by atoms with van der Waals surface area (Å²) < 4.78 is 16.5. The molecule has 1 aliphatic rings. The Bertz CT molecular complexity index is 814. The Morgan fingerprint density at radius 3 is 2.07 bits per heavy atom. The largest absolute Gasteiger partial charge is 0.493 e. The monoisotopic (exact) mass is 412 g/mol. The van der Waals surface area contributed by atoms with Gasteiger partial charge in [0.25, 0.3) is 0 Å². The molecule has 3 rings (SSSR count). The van der Waals surface area contributed by atoms with Crippen LogP contribution < -0.4 is 19.5 Å². The van der Waals surface area contributed by atoms with Gasteiger partial charge in [0.2, 0.25) is 5.75 Å². The molecule has 1 N–H and O–H groups in total. The first-order valence-electron chi connectivity index (χ1n) is 10.8. The third kappa shape index (κ3) is 5.46. The molecule has 0 amide bonds. The average molecular weight is 413 g/mol. The molecule has 0 bridgehead atoms. The van der Waals surface area contributed by atoms with Crippen LogP contribution in [-0.2, 0) is 19.6 Å². The molecule has 1 saturated heterocycles. The Morgan fingerprint density at radius 1 is 0.800 bits per heavy atom. The van der Waals surface area contributed by atoms with E-state index in [0.717, 1.165) is 30.5 Å². The predicted molar refractivity (Wildman–Crippen MR) is 121 cm³/mol. The maximum Gasteiger partial charge on any atom is 0.203 e. The van der Waals surface area contributed by atoms with E-state index in [9.17, 15) is 0 Å². The first-order valence-corrected chi connectivity index (χ1v) is 10.8. The highest BCUT2D eigenvalue weighted by Crippen LogP contribution is 2.39. The molecular weight excluding hydrogens is 376 g/mol. The van der Waals surface area contributed by atoms with Crippen LogP contribution in [-0.4, -0.2) is 39.3 Å². The zero-order valence-corrected chi connectivity index (χ0v) is 19.0. The lowest BCUT2D eigenvalue weighted by molar-refractivity contribution is 0.134. The standard InChI is InChI=1S/C25H36N2O3/c1-18-12-19(2)16-27(15-18)17-22-9-7-6-8-20(22)13-26-14-21-10-11-23(28-3)25(30-5)24(21)29-4/h6-11,18-19,26H,12-17H2,1-5H3/t18-,19-/m0/s1. The van der Waals surface area contributed by atoms with E-state index in [-0.39, 0.29) is 0 Å². The normalized spacial score (nSPS) is 19.5. The van der Waals surface area contributed by atoms with Crippen LogP contribution in [0.4, 0.5) is 0 Å². The summed E-state index contributed by atoms with van der Waals surface area (Å²) in [5.74, 6) is 3.57. The van der Waals surface area contributed by atoms with Crippen LogP contribution in [0.3, 0.4) is 0 Å². The lowest BCUT2D eigenvalue weighted by Gasteiger charge is -2.35. The third-order valence-corrected chi connectivity index (χ3v) is 5.87. The van der Waals surface area contributed by atoms with Crippen LogP contribution in [0.5, 0.6) is 17.2 Å². The van der Waals surface area contributed by atoms with Crippen molar-refractivity contribution < 1.29 is 14.2 Å². The van der Waals surface area contributed by atoms with Crippen molar-refractivity contribution in [1.29, 1.82) is 0 Å². The second-order valence-corrected chi connectivity index (χ2v) is 8.51. The number of piperidine rings is 1. The van der Waals surface area contributed by atoms with Crippen molar-refractivity contribution >= 4 is 0 Å². The second-order valence-electron chi connectivity index (χ2n) is 8.51. The minimum absolute atomic E-state index is 0.632. The van der Waals surface area contributed by atoms with Crippen molar-refractivity contribution in [2.45, 2.75) is 39.9 Å². The smallest absolute Gasteiger partial charge is 0.203 e. The van der Waals surface area contributed by atoms with Crippen molar-refractivity contribution in [2.24, 2.45) is 11.8 Å². The SMILES string of the molecule is COc1ccc(CNCc2ccccc2CN2C[C@@H](C)C[C@H](C)C2)c(OC)c1OC. The molecule has 5 heteroatoms. The molecule has 1 heterocycles. The molecule has 2 aromatic rings. The highest BCUT2D eigenvalue weighted by molar-refractivity contribution is 5.55. The Hall–Kier alpha value is -2.24. The number of nitrogens with one attached hydrogen (secondary N) is 1. The molecule has 1 fully saturated rings. The Morgan fingerprint density at radius 2 is 1.43 bits per heavy atom. The van der Waals surface area contributed by atoms with Gasteiger partial charge in [-0.05, 0) is 35.4 Å². The van der Waals surface area contributed by atoms with E-state index in [1.54, 1.807) is 21.3 Å². The molecule has 0 saturated carbocycles. The Kier molecular flexibility index (Phi) is 8.00. The molecule has 2 aromatic carbocycles. The molecule has 0 spiro atoms. The lowest BCUT2D eigenvalue weighted by atomic mass is 9.91. The predicted octanol–water partition coefficient (Wildman–Crippen LogP) is 4.48. The van der Waals surface area contributed by atoms with Crippen LogP contribution in [0.15, 0.2) is 36.4 Å². The molecule has 0 aromatic heterocycles. The van der Waals surface area contributed by atoms with Crippen molar-refractivity contribution in [1.82, 2.24) is 10.2 Å². The Labute approximate surface area is 181 Å². The molecular formula is C25H36N2O3. The number of nitrogens with zero attached hydrogens (tertiary/aromatic N) is 1. The molecule has 0 aliphatic carbocycles.